The first-order valence-electron chi connectivity index (χ1n) is 41.1. The zero-order valence-electron chi connectivity index (χ0n) is 64.5. The number of pyridine rings is 3. The molecular weight excluding hydrogens is 1380 g/mol. The Kier molecular flexibility index (Phi) is 15.8. The predicted molar refractivity (Wildman–Crippen MR) is 469 cm³/mol. The van der Waals surface area contributed by atoms with Crippen LogP contribution in [0, 0.1) is 0 Å². The number of nitrogens with zero attached hydrogens (tertiary/aromatic N) is 6. The van der Waals surface area contributed by atoms with Gasteiger partial charge in [-0.05, 0) is 283 Å². The first-order chi connectivity index (χ1) is 56.5. The zero-order chi connectivity index (χ0) is 75.8. The molecule has 0 amide bonds. The summed E-state index contributed by atoms with van der Waals surface area (Å²) in [6.45, 7) is 6.86. The molecule has 6 heterocycles. The van der Waals surface area contributed by atoms with Gasteiger partial charge in [0, 0.05) is 52.3 Å². The number of unbranched alkanes of at least 4 members (excludes halogenated alkanes) is 3. The Bertz CT molecular complexity index is 5710. The van der Waals surface area contributed by atoms with Crippen molar-refractivity contribution in [3.8, 4) is 67.2 Å². The second kappa shape index (κ2) is 26.7. The molecule has 0 saturated heterocycles. The van der Waals surface area contributed by atoms with E-state index in [-0.39, 0.29) is 0 Å². The van der Waals surface area contributed by atoms with Crippen molar-refractivity contribution in [3.05, 3.63) is 430 Å². The molecule has 6 heteroatoms. The number of para-hydroxylation sites is 6. The molecule has 0 unspecified atom stereocenters. The third kappa shape index (κ3) is 9.58. The largest absolute Gasteiger partial charge is 0.310 e. The van der Waals surface area contributed by atoms with Crippen molar-refractivity contribution in [3.63, 3.8) is 0 Å². The van der Waals surface area contributed by atoms with Gasteiger partial charge in [-0.25, -0.2) is 0 Å². The summed E-state index contributed by atoms with van der Waals surface area (Å²) in [6.07, 6.45) is 15.8. The normalized spacial score (nSPS) is 14.4. The lowest BCUT2D eigenvalue weighted by Gasteiger charge is -2.48. The van der Waals surface area contributed by atoms with Crippen LogP contribution in [0.25, 0.3) is 67.2 Å². The maximum Gasteiger partial charge on any atom is 0.0760 e. The lowest BCUT2D eigenvalue weighted by Crippen LogP contribution is -2.39. The minimum atomic E-state index is -1.03. The first-order valence-corrected chi connectivity index (χ1v) is 41.1. The Labute approximate surface area is 668 Å². The summed E-state index contributed by atoms with van der Waals surface area (Å²) in [4.78, 5) is 23.5. The lowest BCUT2D eigenvalue weighted by atomic mass is 9.58. The maximum absolute atomic E-state index is 5.25. The average molecular weight is 1470 g/mol. The van der Waals surface area contributed by atoms with E-state index in [9.17, 15) is 0 Å². The van der Waals surface area contributed by atoms with E-state index in [0.717, 1.165) is 143 Å². The van der Waals surface area contributed by atoms with E-state index < -0.39 is 16.2 Å². The zero-order valence-corrected chi connectivity index (χ0v) is 64.5. The molecule has 3 aromatic heterocycles. The number of aryl methyl sites for hydroxylation is 3. The van der Waals surface area contributed by atoms with E-state index in [2.05, 4.69) is 345 Å². The van der Waals surface area contributed by atoms with E-state index in [1.54, 1.807) is 0 Å². The van der Waals surface area contributed by atoms with Gasteiger partial charge in [-0.1, -0.05) is 240 Å². The van der Waals surface area contributed by atoms with Crippen molar-refractivity contribution in [2.75, 3.05) is 14.7 Å². The fraction of sp³-hybridized carbons (Fsp3) is 0.139. The van der Waals surface area contributed by atoms with Crippen molar-refractivity contribution < 1.29 is 0 Å². The Morgan fingerprint density at radius 2 is 0.474 bits per heavy atom. The molecule has 3 aliphatic heterocycles. The molecule has 0 saturated carbocycles. The van der Waals surface area contributed by atoms with E-state index in [1.165, 1.54) is 117 Å². The van der Waals surface area contributed by atoms with Crippen LogP contribution < -0.4 is 14.7 Å². The van der Waals surface area contributed by atoms with Crippen molar-refractivity contribution >= 4 is 51.2 Å². The molecule has 6 nitrogen and oxygen atoms in total. The van der Waals surface area contributed by atoms with Crippen LogP contribution in [0.2, 0.25) is 0 Å². The van der Waals surface area contributed by atoms with Gasteiger partial charge in [0.15, 0.2) is 0 Å². The molecule has 0 N–H and O–H groups in total. The van der Waals surface area contributed by atoms with E-state index in [0.29, 0.717) is 0 Å². The molecule has 22 rings (SSSR count). The third-order valence-corrected chi connectivity index (χ3v) is 25.9. The number of hydrogen-bond donors (Lipinski definition) is 0. The molecule has 0 atom stereocenters. The number of aromatic nitrogens is 3. The Morgan fingerprint density at radius 3 is 0.702 bits per heavy atom. The minimum absolute atomic E-state index is 0.922. The third-order valence-electron chi connectivity index (χ3n) is 25.9. The van der Waals surface area contributed by atoms with Crippen LogP contribution in [0.15, 0.2) is 346 Å². The monoisotopic (exact) mass is 1460 g/mol. The fourth-order valence-corrected chi connectivity index (χ4v) is 21.2. The molecule has 16 aromatic rings. The Morgan fingerprint density at radius 1 is 0.237 bits per heavy atom. The van der Waals surface area contributed by atoms with E-state index in [1.807, 2.05) is 36.8 Å². The molecule has 3 aliphatic carbocycles. The standard InChI is InChI=1S/C108H84N6/c1-4-7-28-70-46-55-76(56-47-70)112-94-40-16-10-31-82(94)106(83-32-11-17-41-95(83)112)88-67-73(91-37-22-25-64-109-91)52-61-79(88)100-103(106)101-80-62-53-74(92-38-23-26-65-110-92)68-89(80)107(84-33-12-18-42-96(84)113(97-43-19-13-34-85(97)107)77-57-48-71(49-58-77)29-8-5-2)105(101)102-81-63-54-75(93-39-24-27-66-111-93)69-90(81)108(104(100)102)86-35-14-20-44-98(86)114(99-45-21-15-36-87(99)108)78-59-50-72(51-60-78)30-9-6-3/h10-27,31-69H,4-9,28-30H2,1-3H3. The molecule has 3 spiro atoms. The summed E-state index contributed by atoms with van der Waals surface area (Å²) in [5.41, 5.74) is 39.2. The van der Waals surface area contributed by atoms with Crippen LogP contribution in [0.5, 0.6) is 0 Å². The molecule has 0 radical (unpaired) electrons. The van der Waals surface area contributed by atoms with Gasteiger partial charge < -0.3 is 14.7 Å². The van der Waals surface area contributed by atoms with Crippen molar-refractivity contribution in [1.29, 1.82) is 0 Å². The molecule has 114 heavy (non-hydrogen) atoms. The van der Waals surface area contributed by atoms with Crippen LogP contribution >= 0.6 is 0 Å². The molecule has 0 fully saturated rings. The molecule has 6 aliphatic rings. The summed E-state index contributed by atoms with van der Waals surface area (Å²) in [5, 5.41) is 0. The van der Waals surface area contributed by atoms with Crippen LogP contribution in [0.1, 0.15) is 143 Å². The Balaban J connectivity index is 0.972. The van der Waals surface area contributed by atoms with Crippen LogP contribution in [-0.2, 0) is 35.5 Å². The number of fused-ring (bicyclic) bond motifs is 30. The van der Waals surface area contributed by atoms with Crippen LogP contribution in [0.3, 0.4) is 0 Å². The number of hydrogen-bond acceptors (Lipinski definition) is 6. The second-order valence-electron chi connectivity index (χ2n) is 31.8. The minimum Gasteiger partial charge on any atom is -0.310 e. The van der Waals surface area contributed by atoms with Gasteiger partial charge in [0.05, 0.1) is 67.5 Å². The van der Waals surface area contributed by atoms with Gasteiger partial charge in [0.2, 0.25) is 0 Å². The number of benzene rings is 13. The van der Waals surface area contributed by atoms with E-state index in [4.69, 9.17) is 15.0 Å². The van der Waals surface area contributed by atoms with Gasteiger partial charge in [0.1, 0.15) is 0 Å². The highest BCUT2D eigenvalue weighted by atomic mass is 15.2. The van der Waals surface area contributed by atoms with E-state index >= 15 is 0 Å². The summed E-state index contributed by atoms with van der Waals surface area (Å²) in [5.74, 6) is 0. The number of anilines is 9. The summed E-state index contributed by atoms with van der Waals surface area (Å²) < 4.78 is 0. The number of rotatable bonds is 15. The smallest absolute Gasteiger partial charge is 0.0760 e. The SMILES string of the molecule is CCCCc1ccc(N2c3ccccc3C3(c4cc(-c5ccccn5)ccc4-c4c3c3c(c5c4C4(c6cc(-c7ccccn7)ccc6-5)c5ccccc5N(c5ccc(CCCC)cc5)c5ccccc54)C4(c5cc(-c6ccccn6)ccc5-3)c3ccccc3N(c3ccc(CCCC)cc3)c3ccccc34)c3ccccc32)cc1. The molecular formula is C108H84N6. The van der Waals surface area contributed by atoms with Gasteiger partial charge >= 0.3 is 0 Å². The van der Waals surface area contributed by atoms with Crippen molar-refractivity contribution in [2.24, 2.45) is 0 Å². The fourth-order valence-electron chi connectivity index (χ4n) is 21.2. The van der Waals surface area contributed by atoms with Crippen LogP contribution in [0.4, 0.5) is 51.2 Å². The summed E-state index contributed by atoms with van der Waals surface area (Å²) in [6, 6.07) is 127. The lowest BCUT2D eigenvalue weighted by molar-refractivity contribution is 0.727. The quantitative estimate of drug-likeness (QED) is 0.102. The maximum atomic E-state index is 5.25. The first kappa shape index (κ1) is 67.6. The highest BCUT2D eigenvalue weighted by Gasteiger charge is 2.65. The molecule has 546 valence electrons. The van der Waals surface area contributed by atoms with Crippen molar-refractivity contribution in [1.82, 2.24) is 15.0 Å². The Hall–Kier alpha value is -13.3. The second-order valence-corrected chi connectivity index (χ2v) is 31.8. The molecule has 13 aromatic carbocycles. The summed E-state index contributed by atoms with van der Waals surface area (Å²) >= 11 is 0. The van der Waals surface area contributed by atoms with Crippen LogP contribution in [-0.4, -0.2) is 15.0 Å². The van der Waals surface area contributed by atoms with Gasteiger partial charge in [0.25, 0.3) is 0 Å². The van der Waals surface area contributed by atoms with Gasteiger partial charge in [-0.3, -0.25) is 15.0 Å². The highest BCUT2D eigenvalue weighted by Crippen LogP contribution is 2.78. The van der Waals surface area contributed by atoms with Crippen molar-refractivity contribution in [2.45, 2.75) is 94.8 Å². The van der Waals surface area contributed by atoms with Gasteiger partial charge in [-0.2, -0.15) is 0 Å². The highest BCUT2D eigenvalue weighted by molar-refractivity contribution is 6.14. The summed E-state index contributed by atoms with van der Waals surface area (Å²) in [7, 11) is 0. The topological polar surface area (TPSA) is 48.4 Å². The average Bonchev–Trinajstić information content (AvgIpc) is 1.45. The van der Waals surface area contributed by atoms with Gasteiger partial charge in [-0.15, -0.1) is 0 Å². The predicted octanol–water partition coefficient (Wildman–Crippen LogP) is 27.3. The molecule has 0 bridgehead atoms.